The van der Waals surface area contributed by atoms with E-state index in [0.29, 0.717) is 6.42 Å². The van der Waals surface area contributed by atoms with E-state index in [9.17, 15) is 13.9 Å². The molecule has 9 heteroatoms. The lowest BCUT2D eigenvalue weighted by Crippen LogP contribution is -2.25. The van der Waals surface area contributed by atoms with Gasteiger partial charge in [-0.2, -0.15) is 0 Å². The van der Waals surface area contributed by atoms with Crippen LogP contribution in [0.15, 0.2) is 12.2 Å². The third-order valence-corrected chi connectivity index (χ3v) is 6.00. The summed E-state index contributed by atoms with van der Waals surface area (Å²) in [7, 11) is -0.834. The zero-order chi connectivity index (χ0) is 22.3. The van der Waals surface area contributed by atoms with Gasteiger partial charge in [-0.1, -0.05) is 70.4 Å². The van der Waals surface area contributed by atoms with Crippen molar-refractivity contribution in [1.29, 1.82) is 0 Å². The monoisotopic (exact) mass is 482 g/mol. The quantitative estimate of drug-likeness (QED) is 0.0557. The molecule has 0 aromatic carbocycles. The number of hydrogen-bond donors (Lipinski definition) is 1. The summed E-state index contributed by atoms with van der Waals surface area (Å²) in [5.41, 5.74) is 0. The molecule has 0 aromatic heterocycles. The maximum Gasteiger partial charge on any atom is 0.570 e. The Bertz CT molecular complexity index is 454. The number of esters is 1. The lowest BCUT2D eigenvalue weighted by molar-refractivity contribution is -0.148. The van der Waals surface area contributed by atoms with Crippen LogP contribution in [0, 0.1) is 0 Å². The Morgan fingerprint density at radius 1 is 0.935 bits per heavy atom. The van der Waals surface area contributed by atoms with E-state index in [1.54, 1.807) is 0 Å². The Kier molecular flexibility index (Phi) is 27.2. The van der Waals surface area contributed by atoms with Gasteiger partial charge in [0.15, 0.2) is 0 Å². The van der Waals surface area contributed by atoms with Gasteiger partial charge in [-0.05, 0) is 36.7 Å². The molecule has 0 bridgehead atoms. The molecule has 0 heterocycles. The molecule has 0 amide bonds. The first-order valence-corrected chi connectivity index (χ1v) is 13.9. The standard InChI is InChI=1S/C22H41O6PS.H3N/c1-3-4-5-6-7-8-9-10-11-12-13-14-15-16-17-18-22(23)27-19-21(26-2)20-28-29(24)30-25;/h10-11,21H,3-9,12-20H2,1-2H3;1H3/p+1. The Balaban J connectivity index is 0. The minimum absolute atomic E-state index is 0. The second-order valence-corrected chi connectivity index (χ2v) is 9.67. The normalized spacial score (nSPS) is 12.5. The van der Waals surface area contributed by atoms with Gasteiger partial charge in [-0.15, -0.1) is 4.52 Å². The van der Waals surface area contributed by atoms with Crippen LogP contribution in [0.25, 0.3) is 0 Å². The van der Waals surface area contributed by atoms with Gasteiger partial charge in [0.25, 0.3) is 0 Å². The number of carbonyl (C=O) groups is 1. The van der Waals surface area contributed by atoms with Crippen molar-refractivity contribution in [2.75, 3.05) is 20.3 Å². The van der Waals surface area contributed by atoms with E-state index in [2.05, 4.69) is 19.1 Å². The Hall–Kier alpha value is -0.500. The third-order valence-electron chi connectivity index (χ3n) is 4.83. The van der Waals surface area contributed by atoms with Crippen molar-refractivity contribution >= 4 is 24.9 Å². The highest BCUT2D eigenvalue weighted by atomic mass is 32.7. The first-order valence-electron chi connectivity index (χ1n) is 11.4. The SMILES string of the molecule is CCCCCCCCC=CCCCCCCCC(=O)OCC(CO[P+](=O)S[O-])OC.[NH4+]. The van der Waals surface area contributed by atoms with Crippen molar-refractivity contribution in [1.82, 2.24) is 6.15 Å². The average Bonchev–Trinajstić information content (AvgIpc) is 2.76. The largest absolute Gasteiger partial charge is 0.755 e. The van der Waals surface area contributed by atoms with Crippen LogP contribution < -0.4 is 6.15 Å². The fourth-order valence-corrected chi connectivity index (χ4v) is 3.59. The van der Waals surface area contributed by atoms with E-state index in [4.69, 9.17) is 14.0 Å². The van der Waals surface area contributed by atoms with E-state index in [0.717, 1.165) is 25.7 Å². The molecule has 0 radical (unpaired) electrons. The topological polar surface area (TPSA) is 121 Å². The maximum absolute atomic E-state index is 11.8. The number of hydrogen-bond acceptors (Lipinski definition) is 7. The van der Waals surface area contributed by atoms with Gasteiger partial charge in [0.05, 0.1) is 11.7 Å². The number of allylic oxidation sites excluding steroid dienone is 2. The average molecular weight is 483 g/mol. The zero-order valence-corrected chi connectivity index (χ0v) is 21.6. The smallest absolute Gasteiger partial charge is 0.570 e. The summed E-state index contributed by atoms with van der Waals surface area (Å²) >= 11 is -0.101. The van der Waals surface area contributed by atoms with Crippen LogP contribution in [0.4, 0.5) is 0 Å². The second kappa shape index (κ2) is 25.8. The molecule has 0 saturated heterocycles. The van der Waals surface area contributed by atoms with Gasteiger partial charge in [0.2, 0.25) is 0 Å². The first kappa shape index (κ1) is 32.7. The van der Waals surface area contributed by atoms with Crippen LogP contribution in [0.1, 0.15) is 96.8 Å². The third kappa shape index (κ3) is 24.0. The number of quaternary nitrogens is 1. The fourth-order valence-electron chi connectivity index (χ4n) is 2.95. The van der Waals surface area contributed by atoms with Gasteiger partial charge >= 0.3 is 13.2 Å². The van der Waals surface area contributed by atoms with Crippen molar-refractivity contribution in [2.45, 2.75) is 103 Å². The van der Waals surface area contributed by atoms with Crippen LogP contribution in [-0.4, -0.2) is 36.9 Å². The lowest BCUT2D eigenvalue weighted by atomic mass is 10.1. The number of ether oxygens (including phenoxy) is 2. The van der Waals surface area contributed by atoms with E-state index in [1.165, 1.54) is 64.9 Å². The Labute approximate surface area is 194 Å². The molecule has 0 aliphatic carbocycles. The number of carbonyl (C=O) groups excluding carboxylic acids is 1. The summed E-state index contributed by atoms with van der Waals surface area (Å²) in [5.74, 6) is -0.266. The summed E-state index contributed by atoms with van der Waals surface area (Å²) in [4.78, 5) is 11.8. The highest BCUT2D eigenvalue weighted by Crippen LogP contribution is 2.35. The molecule has 0 aromatic rings. The van der Waals surface area contributed by atoms with Gasteiger partial charge < -0.3 is 20.2 Å². The molecule has 0 fully saturated rings. The molecule has 2 unspecified atom stereocenters. The summed E-state index contributed by atoms with van der Waals surface area (Å²) in [6, 6.07) is 0. The van der Waals surface area contributed by atoms with E-state index < -0.39 is 13.3 Å². The molecule has 0 rings (SSSR count). The van der Waals surface area contributed by atoms with Crippen molar-refractivity contribution in [3.8, 4) is 0 Å². The van der Waals surface area contributed by atoms with Crippen molar-refractivity contribution < 1.29 is 27.9 Å². The maximum atomic E-state index is 11.8. The van der Waals surface area contributed by atoms with E-state index >= 15 is 0 Å². The predicted octanol–water partition coefficient (Wildman–Crippen LogP) is 7.50. The Morgan fingerprint density at radius 2 is 1.48 bits per heavy atom. The Morgan fingerprint density at radius 3 is 2.03 bits per heavy atom. The van der Waals surface area contributed by atoms with Crippen molar-refractivity contribution in [3.05, 3.63) is 12.2 Å². The van der Waals surface area contributed by atoms with Gasteiger partial charge in [-0.25, -0.2) is 0 Å². The minimum atomic E-state index is -2.28. The number of rotatable bonds is 22. The number of unbranched alkanes of at least 4 members (excludes halogenated alkanes) is 11. The molecule has 0 spiro atoms. The molecular weight excluding hydrogens is 437 g/mol. The summed E-state index contributed by atoms with van der Waals surface area (Å²) in [6.07, 6.45) is 20.3. The molecule has 184 valence electrons. The first-order chi connectivity index (χ1) is 14.6. The molecule has 0 aliphatic heterocycles. The highest BCUT2D eigenvalue weighted by Gasteiger charge is 2.19. The van der Waals surface area contributed by atoms with E-state index in [1.807, 2.05) is 0 Å². The molecule has 2 atom stereocenters. The fraction of sp³-hybridized carbons (Fsp3) is 0.864. The van der Waals surface area contributed by atoms with Crippen LogP contribution in [0.2, 0.25) is 0 Å². The van der Waals surface area contributed by atoms with Crippen LogP contribution >= 0.6 is 18.9 Å². The van der Waals surface area contributed by atoms with Crippen LogP contribution in [0.3, 0.4) is 0 Å². The molecule has 0 aliphatic rings. The van der Waals surface area contributed by atoms with Crippen molar-refractivity contribution in [3.63, 3.8) is 0 Å². The predicted molar refractivity (Wildman–Crippen MR) is 129 cm³/mol. The van der Waals surface area contributed by atoms with Crippen molar-refractivity contribution in [2.24, 2.45) is 0 Å². The molecule has 4 N–H and O–H groups in total. The van der Waals surface area contributed by atoms with Gasteiger partial charge in [-0.3, -0.25) is 4.79 Å². The van der Waals surface area contributed by atoms with Crippen LogP contribution in [0.5, 0.6) is 0 Å². The summed E-state index contributed by atoms with van der Waals surface area (Å²) in [6.45, 7) is 2.24. The van der Waals surface area contributed by atoms with Crippen LogP contribution in [-0.2, 0) is 23.4 Å². The minimum Gasteiger partial charge on any atom is -0.755 e. The van der Waals surface area contributed by atoms with Gasteiger partial charge in [0, 0.05) is 13.5 Å². The number of methoxy groups -OCH3 is 1. The molecule has 31 heavy (non-hydrogen) atoms. The molecule has 7 nitrogen and oxygen atoms in total. The zero-order valence-electron chi connectivity index (χ0n) is 19.9. The lowest BCUT2D eigenvalue weighted by Gasteiger charge is -2.12. The summed E-state index contributed by atoms with van der Waals surface area (Å²) in [5, 5.41) is 0. The molecular formula is C22H45NO6PS+. The molecule has 0 saturated carbocycles. The van der Waals surface area contributed by atoms with E-state index in [-0.39, 0.29) is 37.0 Å². The highest BCUT2D eigenvalue weighted by molar-refractivity contribution is 8.47. The van der Waals surface area contributed by atoms with Gasteiger partial charge in [0.1, 0.15) is 19.3 Å². The summed E-state index contributed by atoms with van der Waals surface area (Å²) < 4.78 is 36.3. The second-order valence-electron chi connectivity index (χ2n) is 7.47.